The predicted molar refractivity (Wildman–Crippen MR) is 90.2 cm³/mol. The summed E-state index contributed by atoms with van der Waals surface area (Å²) < 4.78 is 5.26. The van der Waals surface area contributed by atoms with Gasteiger partial charge in [0.25, 0.3) is 0 Å². The highest BCUT2D eigenvalue weighted by Crippen LogP contribution is 2.35. The van der Waals surface area contributed by atoms with Crippen LogP contribution in [0.4, 0.5) is 5.69 Å². The van der Waals surface area contributed by atoms with Gasteiger partial charge in [0.1, 0.15) is 5.75 Å². The second-order valence-corrected chi connectivity index (χ2v) is 6.16. The van der Waals surface area contributed by atoms with Gasteiger partial charge in [0.2, 0.25) is 17.7 Å². The first kappa shape index (κ1) is 18.1. The number of rotatable bonds is 5. The molecule has 0 unspecified atom stereocenters. The zero-order valence-corrected chi connectivity index (χ0v) is 14.6. The smallest absolute Gasteiger partial charge is 0.241 e. The monoisotopic (exact) mass is 353 g/mol. The van der Waals surface area contributed by atoms with E-state index in [-0.39, 0.29) is 37.2 Å². The zero-order valence-electron chi connectivity index (χ0n) is 13.8. The Bertz CT molecular complexity index is 663. The summed E-state index contributed by atoms with van der Waals surface area (Å²) in [5, 5.41) is 3.05. The summed E-state index contributed by atoms with van der Waals surface area (Å²) in [6, 6.07) is 4.98. The Kier molecular flexibility index (Phi) is 5.66. The molecule has 1 aliphatic heterocycles. The van der Waals surface area contributed by atoms with Crippen molar-refractivity contribution in [1.82, 2.24) is 10.2 Å². The van der Waals surface area contributed by atoms with E-state index in [0.717, 1.165) is 0 Å². The van der Waals surface area contributed by atoms with Crippen LogP contribution in [0.25, 0.3) is 0 Å². The van der Waals surface area contributed by atoms with Crippen LogP contribution in [-0.2, 0) is 14.4 Å². The van der Waals surface area contributed by atoms with Crippen LogP contribution < -0.4 is 15.0 Å². The SMILES string of the molecule is COc1ccc(Cl)cc1N1C[C@@H](C(=O)NCC(=O)N(C)C)CC1=O. The van der Waals surface area contributed by atoms with E-state index >= 15 is 0 Å². The van der Waals surface area contributed by atoms with E-state index in [1.165, 1.54) is 16.9 Å². The maximum Gasteiger partial charge on any atom is 0.241 e. The molecule has 0 spiro atoms. The Morgan fingerprint density at radius 3 is 2.75 bits per heavy atom. The number of likely N-dealkylation sites (N-methyl/N-ethyl adjacent to an activating group) is 1. The number of halogens is 1. The van der Waals surface area contributed by atoms with Crippen molar-refractivity contribution in [3.63, 3.8) is 0 Å². The van der Waals surface area contributed by atoms with Crippen molar-refractivity contribution in [1.29, 1.82) is 0 Å². The number of benzene rings is 1. The summed E-state index contributed by atoms with van der Waals surface area (Å²) in [6.45, 7) is 0.133. The number of anilines is 1. The van der Waals surface area contributed by atoms with Gasteiger partial charge in [0, 0.05) is 32.1 Å². The third-order valence-corrected chi connectivity index (χ3v) is 4.08. The molecule has 0 bridgehead atoms. The number of carbonyl (C=O) groups is 3. The van der Waals surface area contributed by atoms with Gasteiger partial charge in [-0.05, 0) is 18.2 Å². The topological polar surface area (TPSA) is 79.0 Å². The Morgan fingerprint density at radius 2 is 2.12 bits per heavy atom. The van der Waals surface area contributed by atoms with Crippen molar-refractivity contribution >= 4 is 35.0 Å². The quantitative estimate of drug-likeness (QED) is 0.853. The molecule has 1 saturated heterocycles. The molecule has 8 heteroatoms. The fourth-order valence-electron chi connectivity index (χ4n) is 2.46. The molecule has 3 amide bonds. The summed E-state index contributed by atoms with van der Waals surface area (Å²) >= 11 is 6.00. The molecule has 0 aliphatic carbocycles. The Morgan fingerprint density at radius 1 is 1.42 bits per heavy atom. The lowest BCUT2D eigenvalue weighted by molar-refractivity contribution is -0.132. The van der Waals surface area contributed by atoms with Crippen molar-refractivity contribution in [2.24, 2.45) is 5.92 Å². The third-order valence-electron chi connectivity index (χ3n) is 3.84. The van der Waals surface area contributed by atoms with Crippen LogP contribution in [0.3, 0.4) is 0 Å². The highest BCUT2D eigenvalue weighted by atomic mass is 35.5. The molecule has 130 valence electrons. The molecule has 7 nitrogen and oxygen atoms in total. The fourth-order valence-corrected chi connectivity index (χ4v) is 2.62. The lowest BCUT2D eigenvalue weighted by Gasteiger charge is -2.20. The largest absolute Gasteiger partial charge is 0.495 e. The van der Waals surface area contributed by atoms with Gasteiger partial charge >= 0.3 is 0 Å². The minimum Gasteiger partial charge on any atom is -0.495 e. The molecule has 1 aromatic carbocycles. The van der Waals surface area contributed by atoms with Crippen molar-refractivity contribution in [2.45, 2.75) is 6.42 Å². The number of methoxy groups -OCH3 is 1. The lowest BCUT2D eigenvalue weighted by Crippen LogP contribution is -2.39. The van der Waals surface area contributed by atoms with E-state index in [1.807, 2.05) is 0 Å². The summed E-state index contributed by atoms with van der Waals surface area (Å²) in [5.74, 6) is -0.717. The number of hydrogen-bond acceptors (Lipinski definition) is 4. The predicted octanol–water partition coefficient (Wildman–Crippen LogP) is 0.906. The van der Waals surface area contributed by atoms with Crippen molar-refractivity contribution in [2.75, 3.05) is 39.2 Å². The summed E-state index contributed by atoms with van der Waals surface area (Å²) in [5.41, 5.74) is 0.537. The first-order valence-corrected chi connectivity index (χ1v) is 7.83. The molecule has 1 heterocycles. The van der Waals surface area contributed by atoms with Gasteiger partial charge in [-0.1, -0.05) is 11.6 Å². The van der Waals surface area contributed by atoms with Crippen molar-refractivity contribution in [3.8, 4) is 5.75 Å². The molecule has 1 aromatic rings. The van der Waals surface area contributed by atoms with Gasteiger partial charge in [-0.25, -0.2) is 0 Å². The van der Waals surface area contributed by atoms with Crippen LogP contribution in [-0.4, -0.2) is 56.9 Å². The normalized spacial score (nSPS) is 16.9. The van der Waals surface area contributed by atoms with Gasteiger partial charge < -0.3 is 19.9 Å². The Hall–Kier alpha value is -2.28. The fraction of sp³-hybridized carbons (Fsp3) is 0.438. The minimum absolute atomic E-state index is 0.0810. The van der Waals surface area contributed by atoms with Crippen LogP contribution in [0, 0.1) is 5.92 Å². The van der Waals surface area contributed by atoms with E-state index in [4.69, 9.17) is 16.3 Å². The number of nitrogens with one attached hydrogen (secondary N) is 1. The lowest BCUT2D eigenvalue weighted by atomic mass is 10.1. The molecule has 1 fully saturated rings. The van der Waals surface area contributed by atoms with Gasteiger partial charge in [-0.2, -0.15) is 0 Å². The van der Waals surface area contributed by atoms with Crippen LogP contribution in [0.2, 0.25) is 5.02 Å². The van der Waals surface area contributed by atoms with Crippen LogP contribution in [0.5, 0.6) is 5.75 Å². The van der Waals surface area contributed by atoms with Gasteiger partial charge in [-0.3, -0.25) is 14.4 Å². The summed E-state index contributed by atoms with van der Waals surface area (Å²) in [6.07, 6.45) is 0.0810. The molecule has 0 aromatic heterocycles. The first-order chi connectivity index (χ1) is 11.3. The maximum atomic E-state index is 12.3. The number of carbonyl (C=O) groups excluding carboxylic acids is 3. The number of nitrogens with zero attached hydrogens (tertiary/aromatic N) is 2. The standard InChI is InChI=1S/C16H20ClN3O4/c1-19(2)15(22)8-18-16(23)10-6-14(21)20(9-10)12-7-11(17)4-5-13(12)24-3/h4-5,7,10H,6,8-9H2,1-3H3,(H,18,23)/t10-/m0/s1. The van der Waals surface area contributed by atoms with E-state index in [9.17, 15) is 14.4 Å². The maximum absolute atomic E-state index is 12.3. The molecule has 2 rings (SSSR count). The molecule has 0 radical (unpaired) electrons. The van der Waals surface area contributed by atoms with E-state index in [1.54, 1.807) is 32.3 Å². The molecule has 0 saturated carbocycles. The second-order valence-electron chi connectivity index (χ2n) is 5.73. The third kappa shape index (κ3) is 3.97. The number of amides is 3. The highest BCUT2D eigenvalue weighted by molar-refractivity contribution is 6.31. The number of hydrogen-bond donors (Lipinski definition) is 1. The first-order valence-electron chi connectivity index (χ1n) is 7.45. The van der Waals surface area contributed by atoms with Crippen LogP contribution in [0.1, 0.15) is 6.42 Å². The van der Waals surface area contributed by atoms with Crippen LogP contribution in [0.15, 0.2) is 18.2 Å². The summed E-state index contributed by atoms with van der Waals surface area (Å²) in [7, 11) is 4.73. The van der Waals surface area contributed by atoms with E-state index in [0.29, 0.717) is 16.5 Å². The average Bonchev–Trinajstić information content (AvgIpc) is 2.93. The van der Waals surface area contributed by atoms with Crippen molar-refractivity contribution in [3.05, 3.63) is 23.2 Å². The highest BCUT2D eigenvalue weighted by Gasteiger charge is 2.36. The number of ether oxygens (including phenoxy) is 1. The zero-order chi connectivity index (χ0) is 17.9. The van der Waals surface area contributed by atoms with E-state index in [2.05, 4.69) is 5.32 Å². The molecule has 1 atom stereocenters. The van der Waals surface area contributed by atoms with Gasteiger partial charge in [0.05, 0.1) is 25.3 Å². The molecular formula is C16H20ClN3O4. The Labute approximate surface area is 145 Å². The van der Waals surface area contributed by atoms with Crippen molar-refractivity contribution < 1.29 is 19.1 Å². The molecule has 1 N–H and O–H groups in total. The van der Waals surface area contributed by atoms with Gasteiger partial charge in [-0.15, -0.1) is 0 Å². The molecule has 24 heavy (non-hydrogen) atoms. The molecule has 1 aliphatic rings. The summed E-state index contributed by atoms with van der Waals surface area (Å²) in [4.78, 5) is 38.9. The minimum atomic E-state index is -0.517. The van der Waals surface area contributed by atoms with E-state index < -0.39 is 5.92 Å². The Balaban J connectivity index is 2.07. The second kappa shape index (κ2) is 7.53. The molecular weight excluding hydrogens is 334 g/mol. The van der Waals surface area contributed by atoms with Gasteiger partial charge in [0.15, 0.2) is 0 Å². The van der Waals surface area contributed by atoms with Crippen LogP contribution >= 0.6 is 11.6 Å². The average molecular weight is 354 g/mol.